The Morgan fingerprint density at radius 3 is 2.80 bits per heavy atom. The van der Waals surface area contributed by atoms with Crippen LogP contribution in [0.25, 0.3) is 27.7 Å². The van der Waals surface area contributed by atoms with Gasteiger partial charge in [-0.05, 0) is 48.7 Å². The number of nitrogens with zero attached hydrogens (tertiary/aromatic N) is 5. The minimum absolute atomic E-state index is 0.136. The van der Waals surface area contributed by atoms with Crippen LogP contribution < -0.4 is 4.74 Å². The number of hydrogen-bond donors (Lipinski definition) is 1. The Morgan fingerprint density at radius 2 is 2.00 bits per heavy atom. The summed E-state index contributed by atoms with van der Waals surface area (Å²) < 4.78 is 19.4. The van der Waals surface area contributed by atoms with Crippen LogP contribution in [0.2, 0.25) is 0 Å². The highest BCUT2D eigenvalue weighted by Gasteiger charge is 2.24. The number of carbonyl (C=O) groups is 1. The van der Waals surface area contributed by atoms with Gasteiger partial charge in [-0.2, -0.15) is 0 Å². The normalized spacial score (nSPS) is 17.5. The van der Waals surface area contributed by atoms with E-state index in [-0.39, 0.29) is 11.7 Å². The second-order valence-electron chi connectivity index (χ2n) is 10.4. The quantitative estimate of drug-likeness (QED) is 0.272. The van der Waals surface area contributed by atoms with Crippen LogP contribution in [-0.4, -0.2) is 61.3 Å². The lowest BCUT2D eigenvalue weighted by Gasteiger charge is -2.29. The summed E-state index contributed by atoms with van der Waals surface area (Å²) in [5.74, 6) is 0.547. The second kappa shape index (κ2) is 10.8. The molecule has 0 amide bonds. The Kier molecular flexibility index (Phi) is 6.69. The molecule has 1 saturated heterocycles. The molecule has 10 nitrogen and oxygen atoms in total. The molecule has 208 valence electrons. The first-order valence-electron chi connectivity index (χ1n) is 13.8. The summed E-state index contributed by atoms with van der Waals surface area (Å²) in [6.45, 7) is 4.07. The van der Waals surface area contributed by atoms with Crippen molar-refractivity contribution in [2.75, 3.05) is 19.7 Å². The van der Waals surface area contributed by atoms with Crippen molar-refractivity contribution in [2.24, 2.45) is 0 Å². The molecule has 0 unspecified atom stereocenters. The molecule has 0 saturated carbocycles. The van der Waals surface area contributed by atoms with Gasteiger partial charge in [-0.3, -0.25) is 4.90 Å². The van der Waals surface area contributed by atoms with Crippen molar-refractivity contribution in [1.29, 1.82) is 0 Å². The van der Waals surface area contributed by atoms with E-state index in [4.69, 9.17) is 23.9 Å². The number of ether oxygens (including phenoxy) is 2. The van der Waals surface area contributed by atoms with Gasteiger partial charge in [0.15, 0.2) is 12.0 Å². The summed E-state index contributed by atoms with van der Waals surface area (Å²) in [6, 6.07) is 16.8. The van der Waals surface area contributed by atoms with E-state index in [2.05, 4.69) is 20.5 Å². The van der Waals surface area contributed by atoms with Crippen molar-refractivity contribution in [1.82, 2.24) is 24.4 Å². The zero-order chi connectivity index (χ0) is 27.8. The molecule has 1 fully saturated rings. The largest absolute Gasteiger partial charge is 0.478 e. The van der Waals surface area contributed by atoms with Crippen LogP contribution in [0.15, 0.2) is 71.5 Å². The molecule has 2 aliphatic rings. The average Bonchev–Trinajstić information content (AvgIpc) is 3.59. The number of aromatic nitrogens is 4. The van der Waals surface area contributed by atoms with E-state index >= 15 is 0 Å². The Morgan fingerprint density at radius 1 is 1.10 bits per heavy atom. The molecule has 2 aromatic carbocycles. The number of hydrogen-bond acceptors (Lipinski definition) is 8. The topological polar surface area (TPSA) is 116 Å². The van der Waals surface area contributed by atoms with Gasteiger partial charge in [0.05, 0.1) is 41.5 Å². The molecule has 2 aliphatic heterocycles. The smallest absolute Gasteiger partial charge is 0.335 e. The van der Waals surface area contributed by atoms with Crippen LogP contribution in [0, 0.1) is 0 Å². The number of oxazole rings is 1. The van der Waals surface area contributed by atoms with Gasteiger partial charge in [-0.1, -0.05) is 24.3 Å². The van der Waals surface area contributed by atoms with E-state index in [1.165, 1.54) is 12.0 Å². The van der Waals surface area contributed by atoms with Gasteiger partial charge in [0.1, 0.15) is 17.9 Å². The third kappa shape index (κ3) is 5.19. The summed E-state index contributed by atoms with van der Waals surface area (Å²) in [7, 11) is 0. The van der Waals surface area contributed by atoms with Gasteiger partial charge in [0.25, 0.3) is 0 Å². The highest BCUT2D eigenvalue weighted by molar-refractivity contribution is 5.92. The molecule has 1 N–H and O–H groups in total. The Labute approximate surface area is 235 Å². The Bertz CT molecular complexity index is 1770. The van der Waals surface area contributed by atoms with Crippen LogP contribution in [0.5, 0.6) is 5.88 Å². The van der Waals surface area contributed by atoms with Crippen molar-refractivity contribution in [2.45, 2.75) is 38.6 Å². The third-order valence-corrected chi connectivity index (χ3v) is 7.78. The molecule has 41 heavy (non-hydrogen) atoms. The van der Waals surface area contributed by atoms with E-state index in [0.717, 1.165) is 71.8 Å². The number of carboxylic acids is 1. The number of aromatic carboxylic acids is 1. The predicted molar refractivity (Wildman–Crippen MR) is 151 cm³/mol. The second-order valence-corrected chi connectivity index (χ2v) is 10.4. The summed E-state index contributed by atoms with van der Waals surface area (Å²) in [6.07, 6.45) is 5.65. The number of pyridine rings is 1. The predicted octanol–water partition coefficient (Wildman–Crippen LogP) is 4.93. The van der Waals surface area contributed by atoms with Gasteiger partial charge in [-0.15, -0.1) is 0 Å². The monoisotopic (exact) mass is 551 g/mol. The maximum atomic E-state index is 11.6. The number of imidazole rings is 1. The van der Waals surface area contributed by atoms with Crippen molar-refractivity contribution < 1.29 is 23.8 Å². The van der Waals surface area contributed by atoms with Crippen LogP contribution in [0.3, 0.4) is 0 Å². The van der Waals surface area contributed by atoms with Crippen LogP contribution in [0.4, 0.5) is 0 Å². The maximum absolute atomic E-state index is 11.6. The van der Waals surface area contributed by atoms with Gasteiger partial charge in [0.2, 0.25) is 5.88 Å². The SMILES string of the molecule is O=C(O)c1ccc2nc(CN3CC=C(c4cccc(OCc5cccc6ncoc56)n4)CC3)n(C[C@@H]3CCO3)c2c1. The molecule has 0 spiro atoms. The third-order valence-electron chi connectivity index (χ3n) is 7.78. The highest BCUT2D eigenvalue weighted by atomic mass is 16.5. The van der Waals surface area contributed by atoms with Crippen LogP contribution in [-0.2, 0) is 24.4 Å². The number of rotatable bonds is 9. The summed E-state index contributed by atoms with van der Waals surface area (Å²) in [5.41, 5.74) is 6.47. The van der Waals surface area contributed by atoms with Crippen molar-refractivity contribution >= 4 is 33.7 Å². The molecule has 0 aliphatic carbocycles. The van der Waals surface area contributed by atoms with E-state index in [0.29, 0.717) is 25.6 Å². The summed E-state index contributed by atoms with van der Waals surface area (Å²) in [5, 5.41) is 9.50. The first kappa shape index (κ1) is 25.4. The standard InChI is InChI=1S/C31H29N5O5/c37-31(38)21-7-8-25-27(15-21)36(16-23-11-14-39-23)28(33-25)17-35-12-9-20(10-13-35)24-4-2-6-29(34-24)40-18-22-3-1-5-26-30(22)41-19-32-26/h1-9,15,19,23H,10-14,16-18H2,(H,37,38)/t23-/m0/s1. The molecule has 10 heteroatoms. The zero-order valence-corrected chi connectivity index (χ0v) is 22.4. The van der Waals surface area contributed by atoms with Gasteiger partial charge in [-0.25, -0.2) is 19.7 Å². The molecule has 5 heterocycles. The average molecular weight is 552 g/mol. The lowest BCUT2D eigenvalue weighted by atomic mass is 10.0. The van der Waals surface area contributed by atoms with Crippen LogP contribution >= 0.6 is 0 Å². The molecule has 0 bridgehead atoms. The van der Waals surface area contributed by atoms with E-state index in [9.17, 15) is 9.90 Å². The molecule has 1 atom stereocenters. The number of para-hydroxylation sites is 1. The molecule has 3 aromatic heterocycles. The maximum Gasteiger partial charge on any atom is 0.335 e. The van der Waals surface area contributed by atoms with Gasteiger partial charge in [0, 0.05) is 31.3 Å². The van der Waals surface area contributed by atoms with E-state index < -0.39 is 5.97 Å². The number of benzene rings is 2. The minimum atomic E-state index is -0.940. The van der Waals surface area contributed by atoms with Crippen molar-refractivity contribution in [3.63, 3.8) is 0 Å². The Hall–Kier alpha value is -4.54. The van der Waals surface area contributed by atoms with Crippen molar-refractivity contribution in [3.8, 4) is 5.88 Å². The molecular formula is C31H29N5O5. The molecule has 0 radical (unpaired) electrons. The minimum Gasteiger partial charge on any atom is -0.478 e. The van der Waals surface area contributed by atoms with Gasteiger partial charge >= 0.3 is 5.97 Å². The van der Waals surface area contributed by atoms with E-state index in [1.54, 1.807) is 18.2 Å². The first-order valence-corrected chi connectivity index (χ1v) is 13.8. The lowest BCUT2D eigenvalue weighted by molar-refractivity contribution is -0.0591. The highest BCUT2D eigenvalue weighted by Crippen LogP contribution is 2.27. The van der Waals surface area contributed by atoms with Gasteiger partial charge < -0.3 is 23.6 Å². The summed E-state index contributed by atoms with van der Waals surface area (Å²) >= 11 is 0. The molecule has 7 rings (SSSR count). The lowest BCUT2D eigenvalue weighted by Crippen LogP contribution is -2.33. The fourth-order valence-electron chi connectivity index (χ4n) is 5.43. The summed E-state index contributed by atoms with van der Waals surface area (Å²) in [4.78, 5) is 27.8. The number of fused-ring (bicyclic) bond motifs is 2. The van der Waals surface area contributed by atoms with Crippen molar-refractivity contribution in [3.05, 3.63) is 89.7 Å². The molecular weight excluding hydrogens is 522 g/mol. The Balaban J connectivity index is 1.05. The zero-order valence-electron chi connectivity index (χ0n) is 22.4. The fraction of sp³-hybridized carbons (Fsp3) is 0.290. The first-order chi connectivity index (χ1) is 20.1. The fourth-order valence-corrected chi connectivity index (χ4v) is 5.43. The number of carboxylic acid groups (broad SMARTS) is 1. The van der Waals surface area contributed by atoms with E-state index in [1.807, 2.05) is 36.4 Å². The van der Waals surface area contributed by atoms with Crippen LogP contribution in [0.1, 0.15) is 40.3 Å². The molecule has 5 aromatic rings.